The molecule has 0 aliphatic carbocycles. The Labute approximate surface area is 160 Å². The van der Waals surface area contributed by atoms with Crippen LogP contribution in [0.15, 0.2) is 30.9 Å². The molecule has 2 heterocycles. The van der Waals surface area contributed by atoms with Gasteiger partial charge >= 0.3 is 0 Å². The maximum atomic E-state index is 6.54. The van der Waals surface area contributed by atoms with E-state index in [-0.39, 0.29) is 4.08 Å². The van der Waals surface area contributed by atoms with Crippen molar-refractivity contribution in [2.24, 2.45) is 5.92 Å². The van der Waals surface area contributed by atoms with Crippen molar-refractivity contribution in [3.63, 3.8) is 0 Å². The van der Waals surface area contributed by atoms with E-state index in [1.807, 2.05) is 36.0 Å². The first kappa shape index (κ1) is 17.8. The second-order valence-corrected chi connectivity index (χ2v) is 9.92. The van der Waals surface area contributed by atoms with Gasteiger partial charge in [-0.2, -0.15) is 0 Å². The van der Waals surface area contributed by atoms with Crippen LogP contribution in [0.25, 0.3) is 0 Å². The molecular formula is C16H17Cl3N2S2. The minimum atomic E-state index is -0.143. The summed E-state index contributed by atoms with van der Waals surface area (Å²) in [6, 6.07) is 3.59. The predicted molar refractivity (Wildman–Crippen MR) is 104 cm³/mol. The van der Waals surface area contributed by atoms with Crippen molar-refractivity contribution in [1.82, 2.24) is 9.55 Å². The van der Waals surface area contributed by atoms with Crippen LogP contribution in [0.4, 0.5) is 0 Å². The molecule has 2 nitrogen and oxygen atoms in total. The molecule has 1 fully saturated rings. The van der Waals surface area contributed by atoms with Crippen LogP contribution in [-0.4, -0.2) is 21.1 Å². The highest BCUT2D eigenvalue weighted by Gasteiger charge is 2.40. The Kier molecular flexibility index (Phi) is 5.80. The molecule has 0 unspecified atom stereocenters. The number of benzene rings is 1. The number of thioether (sulfide) groups is 2. The molecule has 23 heavy (non-hydrogen) atoms. The Balaban J connectivity index is 1.95. The summed E-state index contributed by atoms with van der Waals surface area (Å²) in [5, 5.41) is 1.89. The lowest BCUT2D eigenvalue weighted by molar-refractivity contribution is 0.603. The highest BCUT2D eigenvalue weighted by Crippen LogP contribution is 2.57. The molecule has 0 saturated carbocycles. The van der Waals surface area contributed by atoms with E-state index < -0.39 is 0 Å². The summed E-state index contributed by atoms with van der Waals surface area (Å²) in [6.07, 6.45) is 6.57. The summed E-state index contributed by atoms with van der Waals surface area (Å²) < 4.78 is 1.95. The molecule has 1 aliphatic rings. The molecule has 0 bridgehead atoms. The largest absolute Gasteiger partial charge is 0.337 e. The number of hydrogen-bond donors (Lipinski definition) is 0. The fraction of sp³-hybridized carbons (Fsp3) is 0.438. The molecule has 0 spiro atoms. The van der Waals surface area contributed by atoms with Gasteiger partial charge in [0.25, 0.3) is 0 Å². The van der Waals surface area contributed by atoms with E-state index in [2.05, 4.69) is 16.5 Å². The van der Waals surface area contributed by atoms with E-state index in [0.29, 0.717) is 21.0 Å². The summed E-state index contributed by atoms with van der Waals surface area (Å²) >= 11 is 23.1. The molecule has 1 aliphatic heterocycles. The molecular weight excluding hydrogens is 391 g/mol. The van der Waals surface area contributed by atoms with Gasteiger partial charge in [-0.3, -0.25) is 0 Å². The second-order valence-electron chi connectivity index (χ2n) is 5.78. The normalized spacial score (nSPS) is 24.8. The van der Waals surface area contributed by atoms with E-state index in [0.717, 1.165) is 30.0 Å². The van der Waals surface area contributed by atoms with Gasteiger partial charge in [0, 0.05) is 39.6 Å². The average molecular weight is 408 g/mol. The number of halogens is 3. The summed E-state index contributed by atoms with van der Waals surface area (Å²) in [5.41, 5.74) is 1.01. The number of aromatic nitrogens is 2. The molecule has 124 valence electrons. The van der Waals surface area contributed by atoms with Gasteiger partial charge in [0.05, 0.1) is 10.4 Å². The molecule has 2 aromatic rings. The first-order valence-electron chi connectivity index (χ1n) is 7.39. The highest BCUT2D eigenvalue weighted by molar-refractivity contribution is 8.18. The van der Waals surface area contributed by atoms with Crippen molar-refractivity contribution in [2.75, 3.05) is 11.5 Å². The molecule has 1 aromatic carbocycles. The minimum absolute atomic E-state index is 0.143. The minimum Gasteiger partial charge on any atom is -0.337 e. The number of aryl methyl sites for hydroxylation is 1. The second kappa shape index (κ2) is 7.49. The van der Waals surface area contributed by atoms with E-state index in [1.165, 1.54) is 0 Å². The van der Waals surface area contributed by atoms with Crippen LogP contribution in [0.3, 0.4) is 0 Å². The van der Waals surface area contributed by atoms with Crippen LogP contribution in [0, 0.1) is 5.92 Å². The van der Waals surface area contributed by atoms with Crippen LogP contribution in [0.2, 0.25) is 15.1 Å². The Morgan fingerprint density at radius 3 is 2.43 bits per heavy atom. The SMILES string of the molecule is CC1CSC(CCn2ccnc2)(c2c(Cl)cc(Cl)cc2Cl)SC1. The van der Waals surface area contributed by atoms with Crippen LogP contribution >= 0.6 is 58.3 Å². The Bertz CT molecular complexity index is 645. The standard InChI is InChI=1S/C16H17Cl3N2S2/c1-11-8-22-16(23-9-11,2-4-21-5-3-20-10-21)15-13(18)6-12(17)7-14(15)19/h3,5-7,10-11H,2,4,8-9H2,1H3. The lowest BCUT2D eigenvalue weighted by Gasteiger charge is -2.40. The van der Waals surface area contributed by atoms with Gasteiger partial charge < -0.3 is 4.57 Å². The van der Waals surface area contributed by atoms with Crippen molar-refractivity contribution < 1.29 is 0 Å². The maximum Gasteiger partial charge on any atom is 0.0945 e. The van der Waals surface area contributed by atoms with Gasteiger partial charge in [-0.25, -0.2) is 4.98 Å². The van der Waals surface area contributed by atoms with E-state index in [1.54, 1.807) is 18.3 Å². The van der Waals surface area contributed by atoms with E-state index in [9.17, 15) is 0 Å². The van der Waals surface area contributed by atoms with Gasteiger partial charge in [-0.15, -0.1) is 23.5 Å². The monoisotopic (exact) mass is 406 g/mol. The number of nitrogens with zero attached hydrogens (tertiary/aromatic N) is 2. The molecule has 0 atom stereocenters. The number of hydrogen-bond acceptors (Lipinski definition) is 3. The predicted octanol–water partition coefficient (Wildman–Crippen LogP) is 6.20. The third kappa shape index (κ3) is 3.98. The molecule has 0 radical (unpaired) electrons. The molecule has 1 saturated heterocycles. The van der Waals surface area contributed by atoms with Gasteiger partial charge in [-0.1, -0.05) is 41.7 Å². The third-order valence-corrected chi connectivity index (χ3v) is 8.59. The van der Waals surface area contributed by atoms with E-state index in [4.69, 9.17) is 34.8 Å². The fourth-order valence-corrected chi connectivity index (χ4v) is 7.46. The summed E-state index contributed by atoms with van der Waals surface area (Å²) in [6.45, 7) is 3.16. The fourth-order valence-electron chi connectivity index (χ4n) is 2.66. The number of imidazole rings is 1. The van der Waals surface area contributed by atoms with Crippen LogP contribution in [-0.2, 0) is 10.6 Å². The third-order valence-electron chi connectivity index (χ3n) is 3.85. The molecule has 0 amide bonds. The van der Waals surface area contributed by atoms with Crippen molar-refractivity contribution in [2.45, 2.75) is 24.0 Å². The zero-order valence-corrected chi connectivity index (χ0v) is 16.5. The topological polar surface area (TPSA) is 17.8 Å². The summed E-state index contributed by atoms with van der Waals surface area (Å²) in [4.78, 5) is 4.12. The van der Waals surface area contributed by atoms with E-state index >= 15 is 0 Å². The van der Waals surface area contributed by atoms with Crippen molar-refractivity contribution in [1.29, 1.82) is 0 Å². The molecule has 1 aromatic heterocycles. The summed E-state index contributed by atoms with van der Waals surface area (Å²) in [5.74, 6) is 2.90. The van der Waals surface area contributed by atoms with Crippen LogP contribution in [0.5, 0.6) is 0 Å². The summed E-state index contributed by atoms with van der Waals surface area (Å²) in [7, 11) is 0. The Morgan fingerprint density at radius 1 is 1.22 bits per heavy atom. The van der Waals surface area contributed by atoms with Crippen LogP contribution in [0.1, 0.15) is 18.9 Å². The Morgan fingerprint density at radius 2 is 1.87 bits per heavy atom. The van der Waals surface area contributed by atoms with Crippen molar-refractivity contribution >= 4 is 58.3 Å². The molecule has 7 heteroatoms. The quantitative estimate of drug-likeness (QED) is 0.600. The van der Waals surface area contributed by atoms with Crippen molar-refractivity contribution in [3.8, 4) is 0 Å². The first-order chi connectivity index (χ1) is 11.0. The van der Waals surface area contributed by atoms with Gasteiger partial charge in [0.1, 0.15) is 0 Å². The lowest BCUT2D eigenvalue weighted by atomic mass is 10.1. The lowest BCUT2D eigenvalue weighted by Crippen LogP contribution is -2.28. The number of rotatable bonds is 4. The highest BCUT2D eigenvalue weighted by atomic mass is 35.5. The van der Waals surface area contributed by atoms with Crippen LogP contribution < -0.4 is 0 Å². The molecule has 0 N–H and O–H groups in total. The zero-order chi connectivity index (χ0) is 16.4. The van der Waals surface area contributed by atoms with Gasteiger partial charge in [0.2, 0.25) is 0 Å². The first-order valence-corrected chi connectivity index (χ1v) is 10.5. The average Bonchev–Trinajstić information content (AvgIpc) is 3.00. The van der Waals surface area contributed by atoms with Gasteiger partial charge in [-0.05, 0) is 36.0 Å². The smallest absolute Gasteiger partial charge is 0.0945 e. The maximum absolute atomic E-state index is 6.54. The Hall–Kier alpha value is -0.0000000000000000555. The van der Waals surface area contributed by atoms with Gasteiger partial charge in [0.15, 0.2) is 0 Å². The molecule has 3 rings (SSSR count). The zero-order valence-electron chi connectivity index (χ0n) is 12.6. The van der Waals surface area contributed by atoms with Crippen molar-refractivity contribution in [3.05, 3.63) is 51.5 Å².